The highest BCUT2D eigenvalue weighted by atomic mass is 19.1. The van der Waals surface area contributed by atoms with Gasteiger partial charge in [-0.25, -0.2) is 4.39 Å². The summed E-state index contributed by atoms with van der Waals surface area (Å²) in [6.45, 7) is 1.35. The van der Waals surface area contributed by atoms with Crippen LogP contribution in [0.2, 0.25) is 0 Å². The predicted molar refractivity (Wildman–Crippen MR) is 98.7 cm³/mol. The highest BCUT2D eigenvalue weighted by molar-refractivity contribution is 5.96. The number of hydrogen-bond acceptors (Lipinski definition) is 6. The number of rotatable bonds is 7. The highest BCUT2D eigenvalue weighted by Gasteiger charge is 2.19. The first-order valence-corrected chi connectivity index (χ1v) is 8.82. The molecule has 1 heterocycles. The Kier molecular flexibility index (Phi) is 6.28. The molecule has 0 aliphatic carbocycles. The zero-order chi connectivity index (χ0) is 20.8. The first-order valence-electron chi connectivity index (χ1n) is 8.82. The SMILES string of the molecule is C[C@@H](OC(=O)CNC(=O)c1cccc(F)c1)C(=O)NCc1ccc2c(c1)OCO2. The number of nitrogens with one attached hydrogen (secondary N) is 2. The van der Waals surface area contributed by atoms with Gasteiger partial charge in [-0.05, 0) is 42.8 Å². The standard InChI is InChI=1S/C20H19FN2O6/c1-12(19(25)22-9-13-5-6-16-17(7-13)28-11-27-16)29-18(24)10-23-20(26)14-3-2-4-15(21)8-14/h2-8,12H,9-11H2,1H3,(H,22,25)(H,23,26)/t12-/m1/s1. The van der Waals surface area contributed by atoms with Crippen LogP contribution in [0.3, 0.4) is 0 Å². The number of benzene rings is 2. The van der Waals surface area contributed by atoms with Crippen LogP contribution in [0.1, 0.15) is 22.8 Å². The van der Waals surface area contributed by atoms with Gasteiger partial charge in [0.25, 0.3) is 11.8 Å². The maximum Gasteiger partial charge on any atom is 0.326 e. The monoisotopic (exact) mass is 402 g/mol. The number of fused-ring (bicyclic) bond motifs is 1. The number of amides is 2. The number of halogens is 1. The molecule has 2 aromatic carbocycles. The van der Waals surface area contributed by atoms with Crippen LogP contribution in [-0.2, 0) is 20.9 Å². The van der Waals surface area contributed by atoms with Crippen molar-refractivity contribution in [1.82, 2.24) is 10.6 Å². The van der Waals surface area contributed by atoms with E-state index >= 15 is 0 Å². The summed E-state index contributed by atoms with van der Waals surface area (Å²) in [5.74, 6) is -1.23. The summed E-state index contributed by atoms with van der Waals surface area (Å²) in [7, 11) is 0. The molecule has 3 rings (SSSR count). The van der Waals surface area contributed by atoms with Crippen molar-refractivity contribution in [2.45, 2.75) is 19.6 Å². The molecule has 1 aliphatic heterocycles. The van der Waals surface area contributed by atoms with Gasteiger partial charge >= 0.3 is 5.97 Å². The van der Waals surface area contributed by atoms with Crippen LogP contribution in [0.4, 0.5) is 4.39 Å². The first kappa shape index (κ1) is 20.1. The Balaban J connectivity index is 1.41. The van der Waals surface area contributed by atoms with Crippen molar-refractivity contribution in [2.75, 3.05) is 13.3 Å². The number of carbonyl (C=O) groups excluding carboxylic acids is 3. The second kappa shape index (κ2) is 9.05. The van der Waals surface area contributed by atoms with E-state index < -0.39 is 36.2 Å². The summed E-state index contributed by atoms with van der Waals surface area (Å²) in [5.41, 5.74) is 0.871. The molecular formula is C20H19FN2O6. The van der Waals surface area contributed by atoms with Gasteiger partial charge in [-0.15, -0.1) is 0 Å². The minimum absolute atomic E-state index is 0.0762. The molecule has 2 aromatic rings. The molecule has 9 heteroatoms. The third-order valence-electron chi connectivity index (χ3n) is 4.06. The largest absolute Gasteiger partial charge is 0.454 e. The fraction of sp³-hybridized carbons (Fsp3) is 0.250. The van der Waals surface area contributed by atoms with Gasteiger partial charge in [0.05, 0.1) is 0 Å². The molecule has 0 bridgehead atoms. The van der Waals surface area contributed by atoms with Crippen LogP contribution in [0, 0.1) is 5.82 Å². The van der Waals surface area contributed by atoms with Crippen molar-refractivity contribution >= 4 is 17.8 Å². The Morgan fingerprint density at radius 2 is 1.90 bits per heavy atom. The summed E-state index contributed by atoms with van der Waals surface area (Å²) in [6, 6.07) is 10.3. The average Bonchev–Trinajstić information content (AvgIpc) is 3.18. The molecule has 0 radical (unpaired) electrons. The van der Waals surface area contributed by atoms with Crippen LogP contribution < -0.4 is 20.1 Å². The summed E-state index contributed by atoms with van der Waals surface area (Å²) >= 11 is 0. The van der Waals surface area contributed by atoms with Crippen molar-refractivity contribution in [3.63, 3.8) is 0 Å². The maximum absolute atomic E-state index is 13.1. The number of ether oxygens (including phenoxy) is 3. The molecule has 2 amide bonds. The summed E-state index contributed by atoms with van der Waals surface area (Å²) < 4.78 is 28.6. The van der Waals surface area contributed by atoms with Gasteiger partial charge in [0.2, 0.25) is 6.79 Å². The van der Waals surface area contributed by atoms with E-state index in [4.69, 9.17) is 14.2 Å². The molecule has 0 aromatic heterocycles. The number of esters is 1. The molecule has 0 fully saturated rings. The summed E-state index contributed by atoms with van der Waals surface area (Å²) in [6.07, 6.45) is -1.05. The van der Waals surface area contributed by atoms with Gasteiger partial charge in [0, 0.05) is 12.1 Å². The number of carbonyl (C=O) groups is 3. The van der Waals surface area contributed by atoms with Crippen molar-refractivity contribution in [2.24, 2.45) is 0 Å². The van der Waals surface area contributed by atoms with Gasteiger partial charge < -0.3 is 24.8 Å². The Bertz CT molecular complexity index is 933. The van der Waals surface area contributed by atoms with Gasteiger partial charge in [-0.2, -0.15) is 0 Å². The Labute approximate surface area is 165 Å². The van der Waals surface area contributed by atoms with Gasteiger partial charge in [0.1, 0.15) is 12.4 Å². The quantitative estimate of drug-likeness (QED) is 0.681. The molecule has 8 nitrogen and oxygen atoms in total. The van der Waals surface area contributed by atoms with Crippen LogP contribution in [0.15, 0.2) is 42.5 Å². The Hall–Kier alpha value is -3.62. The van der Waals surface area contributed by atoms with E-state index in [9.17, 15) is 18.8 Å². The Morgan fingerprint density at radius 1 is 1.10 bits per heavy atom. The van der Waals surface area contributed by atoms with E-state index in [2.05, 4.69) is 10.6 Å². The van der Waals surface area contributed by atoms with E-state index in [1.54, 1.807) is 18.2 Å². The van der Waals surface area contributed by atoms with Crippen molar-refractivity contribution in [1.29, 1.82) is 0 Å². The lowest BCUT2D eigenvalue weighted by Crippen LogP contribution is -2.38. The summed E-state index contributed by atoms with van der Waals surface area (Å²) in [5, 5.41) is 4.97. The first-order chi connectivity index (χ1) is 13.9. The lowest BCUT2D eigenvalue weighted by molar-refractivity contribution is -0.153. The average molecular weight is 402 g/mol. The van der Waals surface area contributed by atoms with Crippen molar-refractivity contribution < 1.29 is 33.0 Å². The molecule has 0 saturated heterocycles. The van der Waals surface area contributed by atoms with E-state index in [0.29, 0.717) is 11.5 Å². The molecule has 1 aliphatic rings. The minimum Gasteiger partial charge on any atom is -0.454 e. The molecule has 152 valence electrons. The third-order valence-corrected chi connectivity index (χ3v) is 4.06. The van der Waals surface area contributed by atoms with Crippen LogP contribution in [-0.4, -0.2) is 37.2 Å². The number of hydrogen-bond donors (Lipinski definition) is 2. The molecule has 0 spiro atoms. The lowest BCUT2D eigenvalue weighted by Gasteiger charge is -2.14. The zero-order valence-electron chi connectivity index (χ0n) is 15.6. The van der Waals surface area contributed by atoms with E-state index in [0.717, 1.165) is 11.6 Å². The molecular weight excluding hydrogens is 383 g/mol. The van der Waals surface area contributed by atoms with Gasteiger partial charge in [-0.1, -0.05) is 12.1 Å². The molecule has 0 saturated carbocycles. The fourth-order valence-corrected chi connectivity index (χ4v) is 2.56. The Morgan fingerprint density at radius 3 is 2.69 bits per heavy atom. The van der Waals surface area contributed by atoms with Crippen LogP contribution in [0.25, 0.3) is 0 Å². The topological polar surface area (TPSA) is 103 Å². The lowest BCUT2D eigenvalue weighted by atomic mass is 10.2. The smallest absolute Gasteiger partial charge is 0.326 e. The van der Waals surface area contributed by atoms with Crippen LogP contribution >= 0.6 is 0 Å². The highest BCUT2D eigenvalue weighted by Crippen LogP contribution is 2.32. The van der Waals surface area contributed by atoms with Crippen LogP contribution in [0.5, 0.6) is 11.5 Å². The van der Waals surface area contributed by atoms with E-state index in [-0.39, 0.29) is 18.9 Å². The van der Waals surface area contributed by atoms with Crippen molar-refractivity contribution in [3.8, 4) is 11.5 Å². The van der Waals surface area contributed by atoms with E-state index in [1.807, 2.05) is 0 Å². The maximum atomic E-state index is 13.1. The second-order valence-electron chi connectivity index (χ2n) is 6.23. The van der Waals surface area contributed by atoms with E-state index in [1.165, 1.54) is 25.1 Å². The summed E-state index contributed by atoms with van der Waals surface area (Å²) in [4.78, 5) is 35.8. The minimum atomic E-state index is -1.05. The zero-order valence-corrected chi connectivity index (χ0v) is 15.6. The molecule has 29 heavy (non-hydrogen) atoms. The van der Waals surface area contributed by atoms with Gasteiger partial charge in [-0.3, -0.25) is 14.4 Å². The normalized spacial score (nSPS) is 12.8. The third kappa shape index (κ3) is 5.44. The molecule has 1 atom stereocenters. The molecule has 2 N–H and O–H groups in total. The fourth-order valence-electron chi connectivity index (χ4n) is 2.56. The second-order valence-corrected chi connectivity index (χ2v) is 6.23. The van der Waals surface area contributed by atoms with Gasteiger partial charge in [0.15, 0.2) is 17.6 Å². The van der Waals surface area contributed by atoms with Crippen molar-refractivity contribution in [3.05, 3.63) is 59.4 Å². The predicted octanol–water partition coefficient (Wildman–Crippen LogP) is 1.53. The molecule has 0 unspecified atom stereocenters.